The highest BCUT2D eigenvalue weighted by Gasteiger charge is 2.44. The summed E-state index contributed by atoms with van der Waals surface area (Å²) >= 11 is 0. The topological polar surface area (TPSA) is 49.6 Å². The maximum atomic E-state index is 9.81. The van der Waals surface area contributed by atoms with Gasteiger partial charge in [0, 0.05) is 22.1 Å². The van der Waals surface area contributed by atoms with Gasteiger partial charge in [0.05, 0.1) is 23.0 Å². The van der Waals surface area contributed by atoms with Crippen LogP contribution in [-0.2, 0) is 5.41 Å². The molecule has 1 fully saturated rings. The summed E-state index contributed by atoms with van der Waals surface area (Å²) in [5, 5.41) is 9.81. The van der Waals surface area contributed by atoms with Gasteiger partial charge in [0.25, 0.3) is 0 Å². The van der Waals surface area contributed by atoms with Gasteiger partial charge in [-0.05, 0) is 64.4 Å². The molecule has 0 bridgehead atoms. The molecular weight excluding hydrogens is 534 g/mol. The summed E-state index contributed by atoms with van der Waals surface area (Å²) in [5.74, 6) is 0.712. The van der Waals surface area contributed by atoms with E-state index in [-0.39, 0.29) is 5.41 Å². The Morgan fingerprint density at radius 1 is 0.523 bits per heavy atom. The van der Waals surface area contributed by atoms with Crippen LogP contribution in [0.15, 0.2) is 127 Å². The molecule has 210 valence electrons. The number of hydrogen-bond acceptors (Lipinski definition) is 3. The molecule has 1 saturated carbocycles. The fourth-order valence-electron chi connectivity index (χ4n) is 7.53. The first kappa shape index (κ1) is 26.3. The molecule has 5 aromatic carbocycles. The molecule has 1 heterocycles. The van der Waals surface area contributed by atoms with Gasteiger partial charge in [-0.15, -0.1) is 0 Å². The van der Waals surface area contributed by atoms with Crippen LogP contribution in [0.5, 0.6) is 0 Å². The van der Waals surface area contributed by atoms with Gasteiger partial charge in [-0.1, -0.05) is 128 Å². The SMILES string of the molecule is N#Cc1ccc2c(c1)C1(CCCCC1)c1cccc(-c3ccccc3-c3nc(-c4ccccc4)cc(-c4ccccc4)n3)c1-2. The molecule has 2 aliphatic carbocycles. The van der Waals surface area contributed by atoms with E-state index in [1.807, 2.05) is 18.2 Å². The van der Waals surface area contributed by atoms with Crippen molar-refractivity contribution in [2.24, 2.45) is 0 Å². The minimum absolute atomic E-state index is 0.0368. The molecule has 0 saturated heterocycles. The molecule has 3 nitrogen and oxygen atoms in total. The average Bonchev–Trinajstić information content (AvgIpc) is 3.37. The van der Waals surface area contributed by atoms with Crippen LogP contribution in [0.25, 0.3) is 56.2 Å². The van der Waals surface area contributed by atoms with Crippen molar-refractivity contribution in [3.05, 3.63) is 144 Å². The van der Waals surface area contributed by atoms with E-state index in [2.05, 4.69) is 115 Å². The Labute approximate surface area is 258 Å². The molecule has 1 spiro atoms. The van der Waals surface area contributed by atoms with Crippen LogP contribution >= 0.6 is 0 Å². The molecule has 6 aromatic rings. The van der Waals surface area contributed by atoms with Crippen molar-refractivity contribution < 1.29 is 0 Å². The van der Waals surface area contributed by atoms with E-state index < -0.39 is 0 Å². The van der Waals surface area contributed by atoms with Crippen LogP contribution in [0.3, 0.4) is 0 Å². The quantitative estimate of drug-likeness (QED) is 0.214. The Bertz CT molecular complexity index is 1990. The van der Waals surface area contributed by atoms with Crippen molar-refractivity contribution in [2.75, 3.05) is 0 Å². The molecule has 0 atom stereocenters. The third kappa shape index (κ3) is 4.26. The lowest BCUT2D eigenvalue weighted by atomic mass is 9.67. The minimum atomic E-state index is -0.0368. The van der Waals surface area contributed by atoms with Gasteiger partial charge in [-0.2, -0.15) is 5.26 Å². The normalized spacial score (nSPS) is 14.5. The van der Waals surface area contributed by atoms with Crippen LogP contribution in [-0.4, -0.2) is 9.97 Å². The zero-order valence-electron chi connectivity index (χ0n) is 24.5. The number of benzene rings is 5. The number of nitriles is 1. The number of rotatable bonds is 4. The highest BCUT2D eigenvalue weighted by molar-refractivity contribution is 5.96. The molecule has 0 N–H and O–H groups in total. The molecule has 8 rings (SSSR count). The first-order valence-corrected chi connectivity index (χ1v) is 15.5. The lowest BCUT2D eigenvalue weighted by Crippen LogP contribution is -2.28. The third-order valence-corrected chi connectivity index (χ3v) is 9.54. The Kier molecular flexibility index (Phi) is 6.42. The average molecular weight is 566 g/mol. The Morgan fingerprint density at radius 3 is 1.80 bits per heavy atom. The summed E-state index contributed by atoms with van der Waals surface area (Å²) < 4.78 is 0. The van der Waals surface area contributed by atoms with E-state index in [1.165, 1.54) is 47.1 Å². The van der Waals surface area contributed by atoms with Gasteiger partial charge in [-0.3, -0.25) is 0 Å². The number of fused-ring (bicyclic) bond motifs is 5. The van der Waals surface area contributed by atoms with Crippen molar-refractivity contribution in [1.29, 1.82) is 5.26 Å². The first-order chi connectivity index (χ1) is 21.7. The van der Waals surface area contributed by atoms with Crippen LogP contribution in [0.4, 0.5) is 0 Å². The molecule has 0 unspecified atom stereocenters. The summed E-state index contributed by atoms with van der Waals surface area (Å²) in [6.45, 7) is 0. The Morgan fingerprint density at radius 2 is 1.14 bits per heavy atom. The molecule has 0 aliphatic heterocycles. The second-order valence-electron chi connectivity index (χ2n) is 12.0. The second kappa shape index (κ2) is 10.7. The van der Waals surface area contributed by atoms with Gasteiger partial charge in [-0.25, -0.2) is 9.97 Å². The van der Waals surface area contributed by atoms with Crippen molar-refractivity contribution in [3.8, 4) is 62.2 Å². The van der Waals surface area contributed by atoms with Crippen LogP contribution in [0, 0.1) is 11.3 Å². The van der Waals surface area contributed by atoms with Crippen LogP contribution in [0.2, 0.25) is 0 Å². The fraction of sp³-hybridized carbons (Fsp3) is 0.146. The van der Waals surface area contributed by atoms with Gasteiger partial charge < -0.3 is 0 Å². The highest BCUT2D eigenvalue weighted by Crippen LogP contribution is 2.58. The maximum absolute atomic E-state index is 9.81. The van der Waals surface area contributed by atoms with Crippen molar-refractivity contribution in [3.63, 3.8) is 0 Å². The maximum Gasteiger partial charge on any atom is 0.161 e. The summed E-state index contributed by atoms with van der Waals surface area (Å²) in [7, 11) is 0. The first-order valence-electron chi connectivity index (χ1n) is 15.5. The molecule has 0 amide bonds. The second-order valence-corrected chi connectivity index (χ2v) is 12.0. The van der Waals surface area contributed by atoms with E-state index in [0.717, 1.165) is 52.0 Å². The Hall–Kier alpha value is -5.33. The smallest absolute Gasteiger partial charge is 0.161 e. The summed E-state index contributed by atoms with van der Waals surface area (Å²) in [4.78, 5) is 10.4. The monoisotopic (exact) mass is 565 g/mol. The molecule has 44 heavy (non-hydrogen) atoms. The zero-order valence-corrected chi connectivity index (χ0v) is 24.5. The summed E-state index contributed by atoms with van der Waals surface area (Å²) in [6.07, 6.45) is 5.93. The van der Waals surface area contributed by atoms with Gasteiger partial charge in [0.15, 0.2) is 5.82 Å². The predicted octanol–water partition coefficient (Wildman–Crippen LogP) is 10.2. The van der Waals surface area contributed by atoms with E-state index in [1.54, 1.807) is 0 Å². The molecule has 1 aromatic heterocycles. The third-order valence-electron chi connectivity index (χ3n) is 9.54. The Balaban J connectivity index is 1.36. The van der Waals surface area contributed by atoms with Crippen molar-refractivity contribution in [1.82, 2.24) is 9.97 Å². The van der Waals surface area contributed by atoms with E-state index in [0.29, 0.717) is 5.82 Å². The minimum Gasteiger partial charge on any atom is -0.228 e. The molecule has 2 aliphatic rings. The highest BCUT2D eigenvalue weighted by atomic mass is 14.9. The summed E-state index contributed by atoms with van der Waals surface area (Å²) in [5.41, 5.74) is 13.2. The van der Waals surface area contributed by atoms with Crippen molar-refractivity contribution in [2.45, 2.75) is 37.5 Å². The zero-order chi connectivity index (χ0) is 29.5. The molecule has 0 radical (unpaired) electrons. The largest absolute Gasteiger partial charge is 0.228 e. The standard InChI is InChI=1S/C41H31N3/c42-27-28-21-22-34-36(25-28)41(23-10-3-11-24-41)35-20-12-19-32(39(34)35)31-17-8-9-18-33(31)40-43-37(29-13-4-1-5-14-29)26-38(44-40)30-15-6-2-7-16-30/h1-2,4-9,12-22,25-26H,3,10-11,23-24H2. The number of nitrogens with zero attached hydrogens (tertiary/aromatic N) is 3. The lowest BCUT2D eigenvalue weighted by molar-refractivity contribution is 0.353. The number of aromatic nitrogens is 2. The van der Waals surface area contributed by atoms with Crippen molar-refractivity contribution >= 4 is 0 Å². The fourth-order valence-corrected chi connectivity index (χ4v) is 7.53. The van der Waals surface area contributed by atoms with Gasteiger partial charge in [0.1, 0.15) is 0 Å². The molecular formula is C41H31N3. The predicted molar refractivity (Wildman–Crippen MR) is 178 cm³/mol. The summed E-state index contributed by atoms with van der Waals surface area (Å²) in [6, 6.07) is 46.9. The van der Waals surface area contributed by atoms with Gasteiger partial charge in [0.2, 0.25) is 0 Å². The van der Waals surface area contributed by atoms with E-state index in [9.17, 15) is 5.26 Å². The van der Waals surface area contributed by atoms with Crippen LogP contribution < -0.4 is 0 Å². The number of hydrogen-bond donors (Lipinski definition) is 0. The lowest BCUT2D eigenvalue weighted by Gasteiger charge is -2.36. The van der Waals surface area contributed by atoms with Crippen LogP contribution in [0.1, 0.15) is 48.8 Å². The van der Waals surface area contributed by atoms with Gasteiger partial charge >= 0.3 is 0 Å². The molecule has 3 heteroatoms. The van der Waals surface area contributed by atoms with E-state index in [4.69, 9.17) is 9.97 Å². The van der Waals surface area contributed by atoms with E-state index >= 15 is 0 Å².